The lowest BCUT2D eigenvalue weighted by molar-refractivity contribution is 0.397. The fourth-order valence-corrected chi connectivity index (χ4v) is 2.96. The van der Waals surface area contributed by atoms with Crippen LogP contribution in [-0.4, -0.2) is 36.1 Å². The minimum Gasteiger partial charge on any atom is -0.481 e. The monoisotopic (exact) mass is 493 g/mol. The van der Waals surface area contributed by atoms with Crippen LogP contribution in [0.1, 0.15) is 23.6 Å². The van der Waals surface area contributed by atoms with Crippen LogP contribution in [0.5, 0.6) is 5.88 Å². The minimum atomic E-state index is 0. The van der Waals surface area contributed by atoms with Gasteiger partial charge >= 0.3 is 0 Å². The Balaban J connectivity index is 0.00000280. The van der Waals surface area contributed by atoms with Crippen LogP contribution in [0.2, 0.25) is 0 Å². The molecule has 28 heavy (non-hydrogen) atoms. The first kappa shape index (κ1) is 22.0. The molecule has 0 atom stereocenters. The number of aliphatic imine (C=N–C) groups is 1. The molecule has 0 fully saturated rings. The molecule has 0 aliphatic heterocycles. The Labute approximate surface area is 183 Å². The summed E-state index contributed by atoms with van der Waals surface area (Å²) in [6.45, 7) is 6.37. The van der Waals surface area contributed by atoms with E-state index in [0.29, 0.717) is 12.4 Å². The molecule has 0 spiro atoms. The molecule has 0 aliphatic carbocycles. The molecule has 1 aromatic carbocycles. The van der Waals surface area contributed by atoms with Crippen molar-refractivity contribution in [1.29, 1.82) is 0 Å². The normalized spacial score (nSPS) is 11.2. The van der Waals surface area contributed by atoms with E-state index in [1.54, 1.807) is 13.3 Å². The molecule has 3 rings (SSSR count). The van der Waals surface area contributed by atoms with Crippen molar-refractivity contribution in [3.63, 3.8) is 0 Å². The Morgan fingerprint density at radius 2 is 2.07 bits per heavy atom. The van der Waals surface area contributed by atoms with Gasteiger partial charge in [0.2, 0.25) is 5.88 Å². The van der Waals surface area contributed by atoms with Gasteiger partial charge in [-0.15, -0.1) is 24.0 Å². The summed E-state index contributed by atoms with van der Waals surface area (Å²) in [6.07, 6.45) is 4.82. The van der Waals surface area contributed by atoms with Gasteiger partial charge in [-0.2, -0.15) is 0 Å². The SMILES string of the molecule is CCNC(=NCc1ccc(OC)nc1)NCCc1c[nH]c2cc(C)ccc12.I. The summed E-state index contributed by atoms with van der Waals surface area (Å²) in [5, 5.41) is 7.98. The predicted octanol–water partition coefficient (Wildman–Crippen LogP) is 3.80. The fraction of sp³-hybridized carbons (Fsp3) is 0.333. The number of nitrogens with one attached hydrogen (secondary N) is 3. The molecule has 0 amide bonds. The van der Waals surface area contributed by atoms with E-state index < -0.39 is 0 Å². The molecule has 0 unspecified atom stereocenters. The van der Waals surface area contributed by atoms with Gasteiger partial charge in [0.15, 0.2) is 5.96 Å². The summed E-state index contributed by atoms with van der Waals surface area (Å²) in [7, 11) is 1.61. The Morgan fingerprint density at radius 3 is 2.79 bits per heavy atom. The van der Waals surface area contributed by atoms with Crippen LogP contribution in [-0.2, 0) is 13.0 Å². The maximum Gasteiger partial charge on any atom is 0.212 e. The van der Waals surface area contributed by atoms with Gasteiger partial charge in [-0.3, -0.25) is 0 Å². The van der Waals surface area contributed by atoms with Crippen LogP contribution in [0.25, 0.3) is 10.9 Å². The van der Waals surface area contributed by atoms with E-state index in [-0.39, 0.29) is 24.0 Å². The van der Waals surface area contributed by atoms with Gasteiger partial charge in [0.1, 0.15) is 0 Å². The van der Waals surface area contributed by atoms with Gasteiger partial charge in [0, 0.05) is 42.5 Å². The lowest BCUT2D eigenvalue weighted by atomic mass is 10.1. The van der Waals surface area contributed by atoms with Gasteiger partial charge in [-0.1, -0.05) is 18.2 Å². The Hall–Kier alpha value is -2.29. The zero-order valence-corrected chi connectivity index (χ0v) is 18.9. The van der Waals surface area contributed by atoms with E-state index in [9.17, 15) is 0 Å². The second kappa shape index (κ2) is 10.9. The molecule has 3 N–H and O–H groups in total. The molecule has 3 aromatic rings. The number of guanidine groups is 1. The molecule has 2 heterocycles. The molecular formula is C21H28IN5O. The Bertz CT molecular complexity index is 905. The molecular weight excluding hydrogens is 465 g/mol. The van der Waals surface area contributed by atoms with E-state index in [2.05, 4.69) is 63.8 Å². The number of ether oxygens (including phenoxy) is 1. The summed E-state index contributed by atoms with van der Waals surface area (Å²) < 4.78 is 5.08. The van der Waals surface area contributed by atoms with E-state index in [1.807, 2.05) is 12.1 Å². The highest BCUT2D eigenvalue weighted by Crippen LogP contribution is 2.19. The average molecular weight is 493 g/mol. The highest BCUT2D eigenvalue weighted by atomic mass is 127. The zero-order chi connectivity index (χ0) is 19.1. The maximum absolute atomic E-state index is 5.08. The van der Waals surface area contributed by atoms with Gasteiger partial charge in [0.05, 0.1) is 13.7 Å². The third kappa shape index (κ3) is 5.85. The number of rotatable bonds is 7. The quantitative estimate of drug-likeness (QED) is 0.266. The van der Waals surface area contributed by atoms with Crippen molar-refractivity contribution in [2.45, 2.75) is 26.8 Å². The first-order chi connectivity index (χ1) is 13.2. The Morgan fingerprint density at radius 1 is 1.21 bits per heavy atom. The molecule has 0 saturated heterocycles. The van der Waals surface area contributed by atoms with Gasteiger partial charge < -0.3 is 20.4 Å². The number of hydrogen-bond donors (Lipinski definition) is 3. The summed E-state index contributed by atoms with van der Waals surface area (Å²) in [5.41, 5.74) is 4.81. The van der Waals surface area contributed by atoms with E-state index in [1.165, 1.54) is 22.0 Å². The number of nitrogens with zero attached hydrogens (tertiary/aromatic N) is 2. The number of aromatic nitrogens is 2. The fourth-order valence-electron chi connectivity index (χ4n) is 2.96. The number of hydrogen-bond acceptors (Lipinski definition) is 3. The standard InChI is InChI=1S/C21H27N5O.HI/c1-4-22-21(26-13-16-6-8-20(27-3)25-12-16)23-10-9-17-14-24-19-11-15(2)5-7-18(17)19;/h5-8,11-12,14,24H,4,9-10,13H2,1-3H3,(H2,22,23,26);1H. The Kier molecular flexibility index (Phi) is 8.56. The average Bonchev–Trinajstić information content (AvgIpc) is 3.08. The highest BCUT2D eigenvalue weighted by molar-refractivity contribution is 14.0. The molecule has 7 heteroatoms. The van der Waals surface area contributed by atoms with Crippen molar-refractivity contribution in [2.75, 3.05) is 20.2 Å². The van der Waals surface area contributed by atoms with E-state index >= 15 is 0 Å². The van der Waals surface area contributed by atoms with Crippen molar-refractivity contribution >= 4 is 40.8 Å². The summed E-state index contributed by atoms with van der Waals surface area (Å²) >= 11 is 0. The van der Waals surface area contributed by atoms with Gasteiger partial charge in [0.25, 0.3) is 0 Å². The molecule has 0 aliphatic rings. The van der Waals surface area contributed by atoms with Crippen LogP contribution in [0.4, 0.5) is 0 Å². The lowest BCUT2D eigenvalue weighted by Gasteiger charge is -2.11. The number of aryl methyl sites for hydroxylation is 1. The van der Waals surface area contributed by atoms with Crippen molar-refractivity contribution in [1.82, 2.24) is 20.6 Å². The number of aromatic amines is 1. The van der Waals surface area contributed by atoms with Crippen LogP contribution >= 0.6 is 24.0 Å². The number of fused-ring (bicyclic) bond motifs is 1. The third-order valence-electron chi connectivity index (χ3n) is 4.38. The van der Waals surface area contributed by atoms with Crippen molar-refractivity contribution in [2.24, 2.45) is 4.99 Å². The van der Waals surface area contributed by atoms with E-state index in [0.717, 1.165) is 31.0 Å². The summed E-state index contributed by atoms with van der Waals surface area (Å²) in [5.74, 6) is 1.42. The van der Waals surface area contributed by atoms with Crippen molar-refractivity contribution in [3.05, 3.63) is 59.4 Å². The number of pyridine rings is 1. The predicted molar refractivity (Wildman–Crippen MR) is 126 cm³/mol. The molecule has 0 radical (unpaired) electrons. The second-order valence-electron chi connectivity index (χ2n) is 6.44. The number of H-pyrrole nitrogens is 1. The first-order valence-electron chi connectivity index (χ1n) is 9.27. The van der Waals surface area contributed by atoms with Gasteiger partial charge in [-0.25, -0.2) is 9.98 Å². The lowest BCUT2D eigenvalue weighted by Crippen LogP contribution is -2.38. The second-order valence-corrected chi connectivity index (χ2v) is 6.44. The topological polar surface area (TPSA) is 74.3 Å². The number of halogens is 1. The number of methoxy groups -OCH3 is 1. The molecule has 6 nitrogen and oxygen atoms in total. The summed E-state index contributed by atoms with van der Waals surface area (Å²) in [4.78, 5) is 12.2. The first-order valence-corrected chi connectivity index (χ1v) is 9.27. The molecule has 150 valence electrons. The van der Waals surface area contributed by atoms with Crippen molar-refractivity contribution < 1.29 is 4.74 Å². The number of benzene rings is 1. The molecule has 2 aromatic heterocycles. The molecule has 0 saturated carbocycles. The minimum absolute atomic E-state index is 0. The zero-order valence-electron chi connectivity index (χ0n) is 16.6. The largest absolute Gasteiger partial charge is 0.481 e. The molecule has 0 bridgehead atoms. The van der Waals surface area contributed by atoms with Crippen LogP contribution in [0.15, 0.2) is 47.7 Å². The van der Waals surface area contributed by atoms with Crippen molar-refractivity contribution in [3.8, 4) is 5.88 Å². The van der Waals surface area contributed by atoms with Crippen LogP contribution in [0, 0.1) is 6.92 Å². The smallest absolute Gasteiger partial charge is 0.212 e. The van der Waals surface area contributed by atoms with E-state index in [4.69, 9.17) is 4.74 Å². The summed E-state index contributed by atoms with van der Waals surface area (Å²) in [6, 6.07) is 10.4. The van der Waals surface area contributed by atoms with Gasteiger partial charge in [-0.05, 0) is 43.0 Å². The van der Waals surface area contributed by atoms with Crippen LogP contribution < -0.4 is 15.4 Å². The van der Waals surface area contributed by atoms with Crippen LogP contribution in [0.3, 0.4) is 0 Å². The maximum atomic E-state index is 5.08. The third-order valence-corrected chi connectivity index (χ3v) is 4.38. The highest BCUT2D eigenvalue weighted by Gasteiger charge is 2.04.